The number of H-pyrrole nitrogens is 1. The molecular weight excluding hydrogens is 346 g/mol. The van der Waals surface area contributed by atoms with Crippen LogP contribution in [0.15, 0.2) is 41.7 Å². The first kappa shape index (κ1) is 18.5. The molecule has 0 saturated carbocycles. The Morgan fingerprint density at radius 2 is 2.24 bits per heavy atom. The van der Waals surface area contributed by atoms with Crippen molar-refractivity contribution < 1.29 is 19.1 Å². The molecule has 7 nitrogen and oxygen atoms in total. The van der Waals surface area contributed by atoms with Gasteiger partial charge < -0.3 is 19.8 Å². The maximum absolute atomic E-state index is 12.6. The van der Waals surface area contributed by atoms with Gasteiger partial charge in [0.25, 0.3) is 0 Å². The van der Waals surface area contributed by atoms with Crippen LogP contribution < -0.4 is 5.32 Å². The number of ether oxygens (including phenoxy) is 2. The minimum atomic E-state index is -0.692. The van der Waals surface area contributed by atoms with Crippen LogP contribution in [-0.4, -0.2) is 34.9 Å². The summed E-state index contributed by atoms with van der Waals surface area (Å²) in [6.07, 6.45) is 5.00. The number of carbonyl (C=O) groups excluding carboxylic acids is 2. The van der Waals surface area contributed by atoms with Crippen molar-refractivity contribution in [1.82, 2.24) is 15.3 Å². The summed E-state index contributed by atoms with van der Waals surface area (Å²) in [6, 6.07) is 3.69. The number of ketones is 1. The number of esters is 1. The molecule has 2 aromatic heterocycles. The zero-order valence-electron chi connectivity index (χ0n) is 13.8. The van der Waals surface area contributed by atoms with E-state index in [-0.39, 0.29) is 36.2 Å². The van der Waals surface area contributed by atoms with E-state index in [4.69, 9.17) is 9.47 Å². The number of fused-ring (bicyclic) bond motifs is 1. The van der Waals surface area contributed by atoms with E-state index >= 15 is 0 Å². The minimum Gasteiger partial charge on any atom is -0.462 e. The van der Waals surface area contributed by atoms with Gasteiger partial charge in [-0.1, -0.05) is 0 Å². The van der Waals surface area contributed by atoms with Crippen LogP contribution in [0.1, 0.15) is 19.4 Å². The number of Topliss-reactive ketones (excluding diaryl/α,β-unsaturated/α-hetero) is 1. The maximum Gasteiger partial charge on any atom is 0.347 e. The molecule has 0 atom stereocenters. The Hall–Kier alpha value is -2.80. The smallest absolute Gasteiger partial charge is 0.347 e. The number of aromatic amines is 1. The Balaban J connectivity index is 0.00000225. The minimum absolute atomic E-state index is 0. The molecule has 2 N–H and O–H groups in total. The average Bonchev–Trinajstić information content (AvgIpc) is 3.11. The number of allylic oxidation sites excluding steroid dienone is 1. The van der Waals surface area contributed by atoms with Crippen LogP contribution in [0.3, 0.4) is 0 Å². The number of hydrogen-bond donors (Lipinski definition) is 2. The predicted octanol–water partition coefficient (Wildman–Crippen LogP) is 2.31. The highest BCUT2D eigenvalue weighted by molar-refractivity contribution is 6.26. The maximum atomic E-state index is 12.6. The summed E-state index contributed by atoms with van der Waals surface area (Å²) in [4.78, 5) is 31.8. The standard InChI is InChI=1S/C17H17N3O4.ClH/c1-3-18-16-13(17(22)23-4-2)14(21)12(24-16)8-10-9-20-15-11(10)6-5-7-19-15;/h5-9,18H,3-4H2,1-2H3,(H,19,20);1H. The monoisotopic (exact) mass is 363 g/mol. The number of aromatic nitrogens is 2. The lowest BCUT2D eigenvalue weighted by Crippen LogP contribution is -2.19. The van der Waals surface area contributed by atoms with Crippen molar-refractivity contribution >= 4 is 41.3 Å². The Bertz CT molecular complexity index is 870. The summed E-state index contributed by atoms with van der Waals surface area (Å²) < 4.78 is 10.5. The second-order valence-electron chi connectivity index (χ2n) is 5.04. The molecule has 0 amide bonds. The van der Waals surface area contributed by atoms with Gasteiger partial charge in [0, 0.05) is 29.9 Å². The fourth-order valence-corrected chi connectivity index (χ4v) is 2.44. The lowest BCUT2D eigenvalue weighted by atomic mass is 10.1. The third-order valence-electron chi connectivity index (χ3n) is 3.48. The highest BCUT2D eigenvalue weighted by Crippen LogP contribution is 2.28. The molecule has 0 unspecified atom stereocenters. The molecule has 0 radical (unpaired) electrons. The number of halogens is 1. The van der Waals surface area contributed by atoms with E-state index < -0.39 is 11.8 Å². The van der Waals surface area contributed by atoms with Crippen LogP contribution in [0.25, 0.3) is 17.1 Å². The lowest BCUT2D eigenvalue weighted by molar-refractivity contribution is -0.139. The van der Waals surface area contributed by atoms with E-state index in [0.29, 0.717) is 12.2 Å². The normalized spacial score (nSPS) is 15.3. The SMILES string of the molecule is CCNC1=C(C(=O)OCC)C(=O)C(=Cc2c[nH]c3ncccc23)O1.Cl. The first-order valence-corrected chi connectivity index (χ1v) is 7.67. The molecule has 1 aliphatic rings. The summed E-state index contributed by atoms with van der Waals surface area (Å²) in [5, 5.41) is 3.74. The van der Waals surface area contributed by atoms with Gasteiger partial charge in [-0.15, -0.1) is 12.4 Å². The summed E-state index contributed by atoms with van der Waals surface area (Å²) in [5.41, 5.74) is 1.35. The molecule has 1 aliphatic heterocycles. The molecule has 0 fully saturated rings. The summed E-state index contributed by atoms with van der Waals surface area (Å²) in [5.74, 6) is -0.992. The number of carbonyl (C=O) groups is 2. The van der Waals surface area contributed by atoms with E-state index in [1.807, 2.05) is 19.1 Å². The third kappa shape index (κ3) is 3.51. The van der Waals surface area contributed by atoms with Crippen molar-refractivity contribution in [3.05, 3.63) is 47.3 Å². The molecule has 0 aromatic carbocycles. The Morgan fingerprint density at radius 3 is 2.96 bits per heavy atom. The molecule has 0 saturated heterocycles. The van der Waals surface area contributed by atoms with Crippen LogP contribution >= 0.6 is 12.4 Å². The van der Waals surface area contributed by atoms with E-state index in [1.54, 1.807) is 25.4 Å². The molecule has 0 bridgehead atoms. The number of rotatable bonds is 5. The number of nitrogens with one attached hydrogen (secondary N) is 2. The van der Waals surface area contributed by atoms with Crippen molar-refractivity contribution in [3.8, 4) is 0 Å². The van der Waals surface area contributed by atoms with Gasteiger partial charge in [-0.05, 0) is 32.1 Å². The Labute approximate surface area is 150 Å². The fourth-order valence-electron chi connectivity index (χ4n) is 2.44. The van der Waals surface area contributed by atoms with Gasteiger partial charge in [0.05, 0.1) is 6.61 Å². The van der Waals surface area contributed by atoms with Crippen LogP contribution in [0.2, 0.25) is 0 Å². The molecule has 132 valence electrons. The topological polar surface area (TPSA) is 93.3 Å². The van der Waals surface area contributed by atoms with Crippen molar-refractivity contribution in [2.75, 3.05) is 13.2 Å². The molecule has 3 rings (SSSR count). The van der Waals surface area contributed by atoms with Crippen molar-refractivity contribution in [2.45, 2.75) is 13.8 Å². The van der Waals surface area contributed by atoms with E-state index in [1.165, 1.54) is 0 Å². The second kappa shape index (κ2) is 7.85. The average molecular weight is 364 g/mol. The summed E-state index contributed by atoms with van der Waals surface area (Å²) >= 11 is 0. The van der Waals surface area contributed by atoms with Gasteiger partial charge in [0.1, 0.15) is 5.65 Å². The van der Waals surface area contributed by atoms with Crippen LogP contribution in [0, 0.1) is 0 Å². The molecule has 3 heterocycles. The van der Waals surface area contributed by atoms with Crippen LogP contribution in [0.4, 0.5) is 0 Å². The zero-order valence-corrected chi connectivity index (χ0v) is 14.6. The third-order valence-corrected chi connectivity index (χ3v) is 3.48. The van der Waals surface area contributed by atoms with Gasteiger partial charge in [-0.25, -0.2) is 9.78 Å². The molecule has 0 aliphatic carbocycles. The van der Waals surface area contributed by atoms with Gasteiger partial charge in [0.15, 0.2) is 11.3 Å². The van der Waals surface area contributed by atoms with Gasteiger partial charge >= 0.3 is 5.97 Å². The lowest BCUT2D eigenvalue weighted by Gasteiger charge is -2.05. The van der Waals surface area contributed by atoms with Gasteiger partial charge in [-0.2, -0.15) is 0 Å². The second-order valence-corrected chi connectivity index (χ2v) is 5.04. The van der Waals surface area contributed by atoms with Gasteiger partial charge in [-0.3, -0.25) is 4.79 Å². The van der Waals surface area contributed by atoms with Crippen molar-refractivity contribution in [3.63, 3.8) is 0 Å². The molecule has 0 spiro atoms. The number of pyridine rings is 1. The first-order chi connectivity index (χ1) is 11.7. The van der Waals surface area contributed by atoms with E-state index in [0.717, 1.165) is 10.9 Å². The zero-order chi connectivity index (χ0) is 17.1. The quantitative estimate of drug-likeness (QED) is 0.481. The Kier molecular flexibility index (Phi) is 5.82. The molecule has 8 heteroatoms. The molecule has 25 heavy (non-hydrogen) atoms. The van der Waals surface area contributed by atoms with Crippen LogP contribution in [-0.2, 0) is 19.1 Å². The highest BCUT2D eigenvalue weighted by atomic mass is 35.5. The first-order valence-electron chi connectivity index (χ1n) is 7.67. The Morgan fingerprint density at radius 1 is 1.44 bits per heavy atom. The van der Waals surface area contributed by atoms with Gasteiger partial charge in [0.2, 0.25) is 11.7 Å². The van der Waals surface area contributed by atoms with Crippen molar-refractivity contribution in [1.29, 1.82) is 0 Å². The number of hydrogen-bond acceptors (Lipinski definition) is 6. The molecule has 2 aromatic rings. The van der Waals surface area contributed by atoms with E-state index in [9.17, 15) is 9.59 Å². The summed E-state index contributed by atoms with van der Waals surface area (Å²) in [6.45, 7) is 4.22. The predicted molar refractivity (Wildman–Crippen MR) is 94.7 cm³/mol. The largest absolute Gasteiger partial charge is 0.462 e. The number of nitrogens with zero attached hydrogens (tertiary/aromatic N) is 1. The van der Waals surface area contributed by atoms with Crippen molar-refractivity contribution in [2.24, 2.45) is 0 Å². The summed E-state index contributed by atoms with van der Waals surface area (Å²) in [7, 11) is 0. The van der Waals surface area contributed by atoms with E-state index in [2.05, 4.69) is 15.3 Å². The molecular formula is C17H18ClN3O4. The van der Waals surface area contributed by atoms with Crippen LogP contribution in [0.5, 0.6) is 0 Å². The fraction of sp³-hybridized carbons (Fsp3) is 0.235. The highest BCUT2D eigenvalue weighted by Gasteiger charge is 2.36.